The van der Waals surface area contributed by atoms with Gasteiger partial charge in [0.1, 0.15) is 10.8 Å². The van der Waals surface area contributed by atoms with Crippen molar-refractivity contribution in [3.8, 4) is 0 Å². The molecule has 0 aliphatic carbocycles. The van der Waals surface area contributed by atoms with Crippen molar-refractivity contribution in [1.29, 1.82) is 0 Å². The van der Waals surface area contributed by atoms with E-state index in [2.05, 4.69) is 20.6 Å². The fourth-order valence-electron chi connectivity index (χ4n) is 2.00. The predicted octanol–water partition coefficient (Wildman–Crippen LogP) is 2.96. The third-order valence-corrected chi connectivity index (χ3v) is 4.03. The van der Waals surface area contributed by atoms with Crippen LogP contribution in [-0.2, 0) is 19.7 Å². The van der Waals surface area contributed by atoms with Gasteiger partial charge in [0.15, 0.2) is 5.96 Å². The molecule has 3 N–H and O–H groups in total. The summed E-state index contributed by atoms with van der Waals surface area (Å²) in [6, 6.07) is 4.66. The van der Waals surface area contributed by atoms with Crippen molar-refractivity contribution in [2.75, 3.05) is 6.54 Å². The number of nitrogens with one attached hydrogen (secondary N) is 2. The number of aromatic nitrogens is 1. The van der Waals surface area contributed by atoms with Crippen molar-refractivity contribution in [3.05, 3.63) is 51.2 Å². The van der Waals surface area contributed by atoms with Gasteiger partial charge >= 0.3 is 0 Å². The normalized spacial score (nSPS) is 11.1. The number of rotatable bonds is 6. The maximum atomic E-state index is 13.4. The maximum absolute atomic E-state index is 13.4. The van der Waals surface area contributed by atoms with Crippen LogP contribution in [-0.4, -0.2) is 22.6 Å². The van der Waals surface area contributed by atoms with Crippen LogP contribution in [0.3, 0.4) is 0 Å². The van der Waals surface area contributed by atoms with Crippen LogP contribution in [0.1, 0.15) is 27.9 Å². The number of aliphatic imine (C=N–C) groups is 1. The maximum Gasteiger partial charge on any atom is 0.191 e. The molecule has 0 saturated carbocycles. The van der Waals surface area contributed by atoms with E-state index in [1.54, 1.807) is 23.5 Å². The Labute approximate surface area is 162 Å². The van der Waals surface area contributed by atoms with E-state index < -0.39 is 5.82 Å². The lowest BCUT2D eigenvalue weighted by Gasteiger charge is -2.10. The Kier molecular flexibility index (Phi) is 9.16. The number of aliphatic hydroxyl groups excluding tert-OH is 1. The fraction of sp³-hybridized carbons (Fsp3) is 0.375. The zero-order chi connectivity index (χ0) is 16.7. The molecule has 0 fully saturated rings. The Morgan fingerprint density at radius 1 is 1.38 bits per heavy atom. The summed E-state index contributed by atoms with van der Waals surface area (Å²) in [6.07, 6.45) is 1.85. The topological polar surface area (TPSA) is 69.5 Å². The summed E-state index contributed by atoms with van der Waals surface area (Å²) in [6.45, 7) is 5.45. The summed E-state index contributed by atoms with van der Waals surface area (Å²) >= 11 is 1.64. The zero-order valence-corrected chi connectivity index (χ0v) is 16.8. The van der Waals surface area contributed by atoms with Gasteiger partial charge in [-0.2, -0.15) is 0 Å². The molecule has 0 aliphatic heterocycles. The fourth-order valence-corrected chi connectivity index (χ4v) is 2.73. The molecule has 5 nitrogen and oxygen atoms in total. The second kappa shape index (κ2) is 10.6. The number of thiazole rings is 1. The number of hydrogen-bond acceptors (Lipinski definition) is 4. The standard InChI is InChI=1S/C16H21FN4OS.HI/c1-3-18-16(21-9-15-19-7-11(2)23-15)20-8-12-4-5-14(17)13(6-12)10-22;/h4-7,22H,3,8-10H2,1-2H3,(H2,18,20,21);1H. The first kappa shape index (κ1) is 20.8. The summed E-state index contributed by atoms with van der Waals surface area (Å²) < 4.78 is 13.4. The van der Waals surface area contributed by atoms with Crippen molar-refractivity contribution in [1.82, 2.24) is 15.6 Å². The molecule has 0 saturated heterocycles. The van der Waals surface area contributed by atoms with Crippen molar-refractivity contribution in [3.63, 3.8) is 0 Å². The van der Waals surface area contributed by atoms with Crippen molar-refractivity contribution >= 4 is 41.3 Å². The van der Waals surface area contributed by atoms with Gasteiger partial charge in [-0.15, -0.1) is 35.3 Å². The van der Waals surface area contributed by atoms with Crippen LogP contribution in [0.5, 0.6) is 0 Å². The summed E-state index contributed by atoms with van der Waals surface area (Å²) in [4.78, 5) is 9.95. The van der Waals surface area contributed by atoms with E-state index in [0.717, 1.165) is 17.1 Å². The largest absolute Gasteiger partial charge is 0.392 e. The predicted molar refractivity (Wildman–Crippen MR) is 106 cm³/mol. The van der Waals surface area contributed by atoms with E-state index in [4.69, 9.17) is 5.11 Å². The second-order valence-corrected chi connectivity index (χ2v) is 6.32. The van der Waals surface area contributed by atoms with Gasteiger partial charge in [-0.1, -0.05) is 6.07 Å². The van der Waals surface area contributed by atoms with Crippen LogP contribution in [0.2, 0.25) is 0 Å². The summed E-state index contributed by atoms with van der Waals surface area (Å²) in [5.41, 5.74) is 1.13. The lowest BCUT2D eigenvalue weighted by molar-refractivity contribution is 0.275. The van der Waals surface area contributed by atoms with Gasteiger partial charge in [-0.05, 0) is 31.5 Å². The number of halogens is 2. The van der Waals surface area contributed by atoms with E-state index in [-0.39, 0.29) is 36.1 Å². The van der Waals surface area contributed by atoms with Gasteiger partial charge in [0.2, 0.25) is 0 Å². The molecule has 0 aliphatic rings. The first-order valence-electron chi connectivity index (χ1n) is 7.44. The van der Waals surface area contributed by atoms with Crippen LogP contribution < -0.4 is 10.6 Å². The minimum atomic E-state index is -0.399. The van der Waals surface area contributed by atoms with Crippen LogP contribution in [0.25, 0.3) is 0 Å². The van der Waals surface area contributed by atoms with Gasteiger partial charge in [0, 0.05) is 23.2 Å². The first-order chi connectivity index (χ1) is 11.1. The minimum absolute atomic E-state index is 0. The molecular formula is C16H22FIN4OS. The van der Waals surface area contributed by atoms with Gasteiger partial charge in [0.05, 0.1) is 19.7 Å². The molecule has 1 heterocycles. The molecule has 0 radical (unpaired) electrons. The van der Waals surface area contributed by atoms with Crippen molar-refractivity contribution in [2.45, 2.75) is 33.5 Å². The van der Waals surface area contributed by atoms with Crippen LogP contribution in [0.4, 0.5) is 4.39 Å². The molecule has 0 bridgehead atoms. The Morgan fingerprint density at radius 2 is 2.17 bits per heavy atom. The SMILES string of the molecule is CCNC(=NCc1ccc(F)c(CO)c1)NCc1ncc(C)s1.I. The molecule has 1 aromatic heterocycles. The van der Waals surface area contributed by atoms with E-state index in [9.17, 15) is 4.39 Å². The molecule has 2 aromatic rings. The van der Waals surface area contributed by atoms with Crippen molar-refractivity contribution in [2.24, 2.45) is 4.99 Å². The van der Waals surface area contributed by atoms with Crippen LogP contribution >= 0.6 is 35.3 Å². The van der Waals surface area contributed by atoms with Gasteiger partial charge < -0.3 is 15.7 Å². The smallest absolute Gasteiger partial charge is 0.191 e. The summed E-state index contributed by atoms with van der Waals surface area (Å²) in [5.74, 6) is 0.277. The highest BCUT2D eigenvalue weighted by atomic mass is 127. The molecule has 24 heavy (non-hydrogen) atoms. The molecule has 132 valence electrons. The van der Waals surface area contributed by atoms with Crippen LogP contribution in [0, 0.1) is 12.7 Å². The third kappa shape index (κ3) is 6.33. The van der Waals surface area contributed by atoms with Crippen LogP contribution in [0.15, 0.2) is 29.4 Å². The van der Waals surface area contributed by atoms with E-state index in [0.29, 0.717) is 19.0 Å². The Balaban J connectivity index is 0.00000288. The number of aliphatic hydroxyl groups is 1. The summed E-state index contributed by atoms with van der Waals surface area (Å²) in [5, 5.41) is 16.5. The Morgan fingerprint density at radius 3 is 2.79 bits per heavy atom. The number of aryl methyl sites for hydroxylation is 1. The lowest BCUT2D eigenvalue weighted by atomic mass is 10.1. The Bertz CT molecular complexity index is 678. The van der Waals surface area contributed by atoms with Gasteiger partial charge in [-0.25, -0.2) is 14.4 Å². The zero-order valence-electron chi connectivity index (χ0n) is 13.7. The number of nitrogens with zero attached hydrogens (tertiary/aromatic N) is 2. The number of hydrogen-bond donors (Lipinski definition) is 3. The average molecular weight is 464 g/mol. The van der Waals surface area contributed by atoms with Crippen molar-refractivity contribution < 1.29 is 9.50 Å². The molecule has 0 spiro atoms. The number of benzene rings is 1. The molecule has 0 amide bonds. The number of guanidine groups is 1. The molecule has 0 unspecified atom stereocenters. The highest BCUT2D eigenvalue weighted by Gasteiger charge is 2.04. The molecule has 1 aromatic carbocycles. The van der Waals surface area contributed by atoms with E-state index in [1.807, 2.05) is 20.0 Å². The molecular weight excluding hydrogens is 442 g/mol. The molecule has 0 atom stereocenters. The molecule has 2 rings (SSSR count). The monoisotopic (exact) mass is 464 g/mol. The van der Waals surface area contributed by atoms with E-state index >= 15 is 0 Å². The Hall–Kier alpha value is -1.26. The lowest BCUT2D eigenvalue weighted by Crippen LogP contribution is -2.36. The quantitative estimate of drug-likeness (QED) is 0.350. The van der Waals surface area contributed by atoms with Gasteiger partial charge in [-0.3, -0.25) is 0 Å². The molecule has 8 heteroatoms. The third-order valence-electron chi connectivity index (χ3n) is 3.12. The summed E-state index contributed by atoms with van der Waals surface area (Å²) in [7, 11) is 0. The van der Waals surface area contributed by atoms with Gasteiger partial charge in [0.25, 0.3) is 0 Å². The average Bonchev–Trinajstić information content (AvgIpc) is 2.97. The highest BCUT2D eigenvalue weighted by Crippen LogP contribution is 2.12. The second-order valence-electron chi connectivity index (χ2n) is 5.00. The van der Waals surface area contributed by atoms with E-state index in [1.165, 1.54) is 10.9 Å². The first-order valence-corrected chi connectivity index (χ1v) is 8.25. The highest BCUT2D eigenvalue weighted by molar-refractivity contribution is 14.0. The minimum Gasteiger partial charge on any atom is -0.392 e.